The fourth-order valence-corrected chi connectivity index (χ4v) is 8.09. The molecule has 3 aliphatic rings. The lowest BCUT2D eigenvalue weighted by Gasteiger charge is -2.42. The van der Waals surface area contributed by atoms with Gasteiger partial charge in [-0.15, -0.1) is 0 Å². The van der Waals surface area contributed by atoms with Crippen molar-refractivity contribution in [1.29, 1.82) is 0 Å². The van der Waals surface area contributed by atoms with Gasteiger partial charge >= 0.3 is 0 Å². The Bertz CT molecular complexity index is 1370. The van der Waals surface area contributed by atoms with Gasteiger partial charge in [0.25, 0.3) is 5.91 Å². The molecule has 3 aromatic rings. The first kappa shape index (κ1) is 22.4. The van der Waals surface area contributed by atoms with E-state index in [1.165, 1.54) is 33.7 Å². The maximum absolute atomic E-state index is 14.7. The molecule has 5 heterocycles. The lowest BCUT2D eigenvalue weighted by Crippen LogP contribution is -2.62. The largest absolute Gasteiger partial charge is 0.467 e. The zero-order chi connectivity index (χ0) is 24.5. The number of benzene rings is 1. The number of carbonyl (C=O) groups is 2. The van der Waals surface area contributed by atoms with E-state index in [2.05, 4.69) is 4.98 Å². The SMILES string of the molecule is CN1C(=O)[C@@]2(c3cc(F)ccc31)N(C)CC(c1ccncc1)[C@@]21SC(=S)N(Cc2ccco2)C1=O. The molecule has 2 aromatic heterocycles. The molecule has 0 saturated carbocycles. The fraction of sp³-hybridized carbons (Fsp3) is 0.280. The van der Waals surface area contributed by atoms with Gasteiger partial charge in [-0.1, -0.05) is 24.0 Å². The smallest absolute Gasteiger partial charge is 0.254 e. The highest BCUT2D eigenvalue weighted by Gasteiger charge is 2.78. The van der Waals surface area contributed by atoms with E-state index in [1.54, 1.807) is 43.9 Å². The number of rotatable bonds is 3. The lowest BCUT2D eigenvalue weighted by molar-refractivity contribution is -0.139. The number of nitrogens with zero attached hydrogens (tertiary/aromatic N) is 4. The van der Waals surface area contributed by atoms with Gasteiger partial charge in [-0.3, -0.25) is 24.4 Å². The first-order valence-electron chi connectivity index (χ1n) is 11.1. The third-order valence-corrected chi connectivity index (χ3v) is 9.36. The summed E-state index contributed by atoms with van der Waals surface area (Å²) < 4.78 is 19.2. The molecule has 3 atom stereocenters. The molecule has 7 nitrogen and oxygen atoms in total. The molecule has 2 amide bonds. The molecule has 178 valence electrons. The van der Waals surface area contributed by atoms with Gasteiger partial charge in [0.1, 0.15) is 20.6 Å². The number of fused-ring (bicyclic) bond motifs is 3. The Hall–Kier alpha value is -3.08. The Labute approximate surface area is 210 Å². The summed E-state index contributed by atoms with van der Waals surface area (Å²) in [6.07, 6.45) is 4.89. The second kappa shape index (κ2) is 7.71. The molecule has 35 heavy (non-hydrogen) atoms. The van der Waals surface area contributed by atoms with Crippen LogP contribution in [0.1, 0.15) is 22.8 Å². The molecule has 2 spiro atoms. The number of hydrogen-bond donors (Lipinski definition) is 0. The molecule has 10 heteroatoms. The van der Waals surface area contributed by atoms with Crippen molar-refractivity contribution in [3.05, 3.63) is 83.8 Å². The number of carbonyl (C=O) groups excluding carboxylic acids is 2. The Balaban J connectivity index is 1.62. The Morgan fingerprint density at radius 2 is 1.94 bits per heavy atom. The summed E-state index contributed by atoms with van der Waals surface area (Å²) in [4.78, 5) is 37.9. The maximum atomic E-state index is 14.7. The molecule has 2 saturated heterocycles. The van der Waals surface area contributed by atoms with Crippen LogP contribution in [0.4, 0.5) is 10.1 Å². The van der Waals surface area contributed by atoms with Gasteiger partial charge in [-0.2, -0.15) is 0 Å². The van der Waals surface area contributed by atoms with Crippen LogP contribution < -0.4 is 4.90 Å². The predicted molar refractivity (Wildman–Crippen MR) is 133 cm³/mol. The van der Waals surface area contributed by atoms with Crippen LogP contribution in [-0.4, -0.2) is 56.3 Å². The van der Waals surface area contributed by atoms with E-state index in [9.17, 15) is 14.0 Å². The maximum Gasteiger partial charge on any atom is 0.254 e. The number of thiocarbonyl (C=S) groups is 1. The van der Waals surface area contributed by atoms with Crippen LogP contribution in [0, 0.1) is 5.82 Å². The number of furan rings is 1. The number of anilines is 1. The average Bonchev–Trinajstić information content (AvgIpc) is 3.57. The molecule has 0 radical (unpaired) electrons. The van der Waals surface area contributed by atoms with Crippen molar-refractivity contribution >= 4 is 45.8 Å². The topological polar surface area (TPSA) is 69.9 Å². The van der Waals surface area contributed by atoms with Gasteiger partial charge in [-0.25, -0.2) is 4.39 Å². The molecule has 1 unspecified atom stereocenters. The minimum Gasteiger partial charge on any atom is -0.467 e. The third kappa shape index (κ3) is 2.75. The molecule has 0 N–H and O–H groups in total. The van der Waals surface area contributed by atoms with Crippen LogP contribution in [0.25, 0.3) is 0 Å². The third-order valence-electron chi connectivity index (χ3n) is 7.42. The first-order valence-corrected chi connectivity index (χ1v) is 12.3. The Morgan fingerprint density at radius 1 is 1.17 bits per heavy atom. The summed E-state index contributed by atoms with van der Waals surface area (Å²) in [7, 11) is 3.49. The van der Waals surface area contributed by atoms with Crippen molar-refractivity contribution < 1.29 is 18.4 Å². The lowest BCUT2D eigenvalue weighted by atomic mass is 9.72. The molecule has 6 rings (SSSR count). The number of aromatic nitrogens is 1. The van der Waals surface area contributed by atoms with Crippen molar-refractivity contribution in [2.24, 2.45) is 0 Å². The monoisotopic (exact) mass is 508 g/mol. The molecule has 0 bridgehead atoms. The highest BCUT2D eigenvalue weighted by atomic mass is 32.2. The van der Waals surface area contributed by atoms with Gasteiger partial charge in [0, 0.05) is 43.2 Å². The number of thioether (sulfide) groups is 1. The van der Waals surface area contributed by atoms with E-state index in [4.69, 9.17) is 16.6 Å². The van der Waals surface area contributed by atoms with E-state index < -0.39 is 22.0 Å². The van der Waals surface area contributed by atoms with Crippen LogP contribution >= 0.6 is 24.0 Å². The summed E-state index contributed by atoms with van der Waals surface area (Å²) in [6.45, 7) is 0.553. The van der Waals surface area contributed by atoms with Crippen LogP contribution in [0.3, 0.4) is 0 Å². The predicted octanol–water partition coefficient (Wildman–Crippen LogP) is 3.51. The fourth-order valence-electron chi connectivity index (χ4n) is 5.96. The van der Waals surface area contributed by atoms with Crippen molar-refractivity contribution in [2.75, 3.05) is 25.5 Å². The Kier molecular flexibility index (Phi) is 4.93. The van der Waals surface area contributed by atoms with Crippen LogP contribution in [0.15, 0.2) is 65.5 Å². The van der Waals surface area contributed by atoms with E-state index >= 15 is 0 Å². The number of pyridine rings is 1. The first-order chi connectivity index (χ1) is 16.8. The number of hydrogen-bond acceptors (Lipinski definition) is 7. The van der Waals surface area contributed by atoms with E-state index in [1.807, 2.05) is 24.1 Å². The molecule has 0 aliphatic carbocycles. The van der Waals surface area contributed by atoms with Crippen molar-refractivity contribution in [3.63, 3.8) is 0 Å². The number of likely N-dealkylation sites (N-methyl/N-ethyl adjacent to an activating group) is 2. The standard InChI is InChI=1S/C25H21FN4O3S2/c1-28-14-19(15-7-9-27-10-8-15)25(22(32)30(23(34)35-25)13-17-4-3-11-33-17)24(28)18-12-16(26)5-6-20(18)29(2)21(24)31/h3-12,19H,13-14H2,1-2H3/t19?,24-,25+/m1/s1. The quantitative estimate of drug-likeness (QED) is 0.502. The van der Waals surface area contributed by atoms with E-state index in [0.29, 0.717) is 27.9 Å². The second-order valence-corrected chi connectivity index (χ2v) is 10.9. The van der Waals surface area contributed by atoms with Gasteiger partial charge in [0.15, 0.2) is 5.54 Å². The zero-order valence-corrected chi connectivity index (χ0v) is 20.6. The van der Waals surface area contributed by atoms with Crippen molar-refractivity contribution in [3.8, 4) is 0 Å². The number of amides is 2. The number of likely N-dealkylation sites (tertiary alicyclic amines) is 1. The highest BCUT2D eigenvalue weighted by molar-refractivity contribution is 8.25. The van der Waals surface area contributed by atoms with Crippen LogP contribution in [0.2, 0.25) is 0 Å². The summed E-state index contributed by atoms with van der Waals surface area (Å²) in [6, 6.07) is 11.6. The minimum absolute atomic E-state index is 0.155. The van der Waals surface area contributed by atoms with Gasteiger partial charge in [-0.05, 0) is 55.1 Å². The normalized spacial score (nSPS) is 28.2. The van der Waals surface area contributed by atoms with Crippen molar-refractivity contribution in [1.82, 2.24) is 14.8 Å². The van der Waals surface area contributed by atoms with Gasteiger partial charge in [0.2, 0.25) is 5.91 Å². The molecule has 3 aliphatic heterocycles. The number of halogens is 1. The molecule has 1 aromatic carbocycles. The highest BCUT2D eigenvalue weighted by Crippen LogP contribution is 2.66. The summed E-state index contributed by atoms with van der Waals surface area (Å²) in [5, 5.41) is 0. The van der Waals surface area contributed by atoms with Gasteiger partial charge < -0.3 is 9.32 Å². The van der Waals surface area contributed by atoms with Crippen LogP contribution in [-0.2, 0) is 21.7 Å². The average molecular weight is 509 g/mol. The molecular formula is C25H21FN4O3S2. The Morgan fingerprint density at radius 3 is 2.66 bits per heavy atom. The molecule has 2 fully saturated rings. The minimum atomic E-state index is -1.45. The van der Waals surface area contributed by atoms with E-state index in [0.717, 1.165) is 5.56 Å². The van der Waals surface area contributed by atoms with Crippen molar-refractivity contribution in [2.45, 2.75) is 22.7 Å². The summed E-state index contributed by atoms with van der Waals surface area (Å²) in [5.74, 6) is -0.846. The molecular weight excluding hydrogens is 487 g/mol. The summed E-state index contributed by atoms with van der Waals surface area (Å²) in [5.41, 5.74) is 0.485. The second-order valence-electron chi connectivity index (χ2n) is 9.02. The van der Waals surface area contributed by atoms with E-state index in [-0.39, 0.29) is 18.4 Å². The summed E-state index contributed by atoms with van der Waals surface area (Å²) >= 11 is 6.98. The van der Waals surface area contributed by atoms with Gasteiger partial charge in [0.05, 0.1) is 12.8 Å². The van der Waals surface area contributed by atoms with Crippen LogP contribution in [0.5, 0.6) is 0 Å². The zero-order valence-electron chi connectivity index (χ0n) is 19.0.